The third-order valence-corrected chi connectivity index (χ3v) is 10.8. The molecule has 0 saturated carbocycles. The molecule has 4 aromatic rings. The average Bonchev–Trinajstić information content (AvgIpc) is 3.65. The van der Waals surface area contributed by atoms with Crippen LogP contribution in [0.25, 0.3) is 0 Å². The van der Waals surface area contributed by atoms with Crippen LogP contribution in [0, 0.1) is 17.3 Å². The summed E-state index contributed by atoms with van der Waals surface area (Å²) in [5.41, 5.74) is 4.80. The predicted octanol–water partition coefficient (Wildman–Crippen LogP) is 7.88. The van der Waals surface area contributed by atoms with Gasteiger partial charge in [-0.2, -0.15) is 0 Å². The van der Waals surface area contributed by atoms with Crippen LogP contribution in [-0.2, 0) is 17.3 Å². The van der Waals surface area contributed by atoms with Crippen LogP contribution in [0.3, 0.4) is 0 Å². The second-order valence-corrected chi connectivity index (χ2v) is 16.9. The smallest absolute Gasteiger partial charge is 0.170 e. The van der Waals surface area contributed by atoms with Gasteiger partial charge in [0.15, 0.2) is 12.3 Å². The molecule has 2 aliphatic rings. The predicted molar refractivity (Wildman–Crippen MR) is 196 cm³/mol. The highest BCUT2D eigenvalue weighted by molar-refractivity contribution is 5.54. The lowest BCUT2D eigenvalue weighted by atomic mass is 9.69. The Balaban J connectivity index is 1.53. The minimum absolute atomic E-state index is 0.0894. The zero-order valence-corrected chi connectivity index (χ0v) is 30.8. The molecule has 2 aliphatic heterocycles. The maximum atomic E-state index is 12.1. The SMILES string of the molecule is CC(C)C(C)C(C)(C)c1cc(Cc2cc(C(C)(C)CC(C)(C)C)cc(C3N=c4ccccc4=N3)c2O)c(O)c(C2N=c3ccccc3=N2)c1. The molecule has 1 unspecified atom stereocenters. The Bertz CT molecular complexity index is 2090. The van der Waals surface area contributed by atoms with Crippen molar-refractivity contribution in [3.05, 3.63) is 128 Å². The first kappa shape index (κ1) is 34.5. The summed E-state index contributed by atoms with van der Waals surface area (Å²) in [5.74, 6) is 1.16. The molecule has 0 radical (unpaired) electrons. The average molecular weight is 657 g/mol. The molecule has 6 rings (SSSR count). The van der Waals surface area contributed by atoms with Crippen molar-refractivity contribution in [2.24, 2.45) is 37.2 Å². The maximum absolute atomic E-state index is 12.1. The van der Waals surface area contributed by atoms with Crippen molar-refractivity contribution in [2.75, 3.05) is 0 Å². The molecule has 0 aromatic heterocycles. The Morgan fingerprint density at radius 2 is 0.980 bits per heavy atom. The summed E-state index contributed by atoms with van der Waals surface area (Å²) in [6.07, 6.45) is 0.186. The summed E-state index contributed by atoms with van der Waals surface area (Å²) in [5, 5.41) is 27.4. The van der Waals surface area contributed by atoms with Gasteiger partial charge in [-0.1, -0.05) is 106 Å². The van der Waals surface area contributed by atoms with Crippen LogP contribution in [0.2, 0.25) is 0 Å². The van der Waals surface area contributed by atoms with E-state index in [-0.39, 0.29) is 27.7 Å². The van der Waals surface area contributed by atoms with Crippen LogP contribution in [0.15, 0.2) is 92.8 Å². The van der Waals surface area contributed by atoms with Crippen molar-refractivity contribution in [1.82, 2.24) is 0 Å². The van der Waals surface area contributed by atoms with Gasteiger partial charge in [0.25, 0.3) is 0 Å². The Hall–Kier alpha value is -4.32. The van der Waals surface area contributed by atoms with E-state index >= 15 is 0 Å². The summed E-state index contributed by atoms with van der Waals surface area (Å²) in [6, 6.07) is 24.2. The molecule has 0 amide bonds. The van der Waals surface area contributed by atoms with Gasteiger partial charge >= 0.3 is 0 Å². The molecular weight excluding hydrogens is 604 g/mol. The first-order chi connectivity index (χ1) is 22.9. The van der Waals surface area contributed by atoms with E-state index in [0.29, 0.717) is 29.4 Å². The normalized spacial score (nSPS) is 15.7. The number of phenols is 2. The van der Waals surface area contributed by atoms with E-state index in [4.69, 9.17) is 20.0 Å². The Morgan fingerprint density at radius 1 is 0.592 bits per heavy atom. The largest absolute Gasteiger partial charge is 0.507 e. The van der Waals surface area contributed by atoms with Crippen molar-refractivity contribution in [3.8, 4) is 11.5 Å². The van der Waals surface area contributed by atoms with E-state index in [9.17, 15) is 10.2 Å². The molecule has 2 N–H and O–H groups in total. The van der Waals surface area contributed by atoms with E-state index in [0.717, 1.165) is 50.1 Å². The molecule has 0 bridgehead atoms. The number of para-hydroxylation sites is 4. The van der Waals surface area contributed by atoms with Crippen LogP contribution < -0.4 is 21.4 Å². The number of benzene rings is 4. The summed E-state index contributed by atoms with van der Waals surface area (Å²) < 4.78 is 0. The number of hydrogen-bond acceptors (Lipinski definition) is 6. The fraction of sp³-hybridized carbons (Fsp3) is 0.442. The highest BCUT2D eigenvalue weighted by atomic mass is 16.3. The van der Waals surface area contributed by atoms with Crippen LogP contribution in [0.4, 0.5) is 0 Å². The number of phenolic OH excluding ortho intramolecular Hbond substituents is 2. The van der Waals surface area contributed by atoms with Gasteiger partial charge in [-0.15, -0.1) is 0 Å². The molecule has 0 spiro atoms. The van der Waals surface area contributed by atoms with Crippen LogP contribution in [0.5, 0.6) is 11.5 Å². The van der Waals surface area contributed by atoms with E-state index in [1.165, 1.54) is 0 Å². The number of rotatable bonds is 9. The zero-order chi connectivity index (χ0) is 35.5. The monoisotopic (exact) mass is 656 g/mol. The molecule has 49 heavy (non-hydrogen) atoms. The lowest BCUT2D eigenvalue weighted by molar-refractivity contribution is 0.263. The molecule has 1 atom stereocenters. The van der Waals surface area contributed by atoms with E-state index in [1.807, 2.05) is 48.5 Å². The van der Waals surface area contributed by atoms with Gasteiger partial charge in [0.1, 0.15) is 11.5 Å². The summed E-state index contributed by atoms with van der Waals surface area (Å²) in [7, 11) is 0. The lowest BCUT2D eigenvalue weighted by Gasteiger charge is -2.36. The third kappa shape index (κ3) is 6.79. The molecule has 256 valence electrons. The molecule has 6 heteroatoms. The first-order valence-corrected chi connectivity index (χ1v) is 17.7. The topological polar surface area (TPSA) is 89.9 Å². The number of fused-ring (bicyclic) bond motifs is 2. The lowest BCUT2D eigenvalue weighted by Crippen LogP contribution is -2.30. The van der Waals surface area contributed by atoms with Crippen LogP contribution >= 0.6 is 0 Å². The fourth-order valence-electron chi connectivity index (χ4n) is 7.82. The molecule has 0 aliphatic carbocycles. The Labute approximate surface area is 291 Å². The zero-order valence-electron chi connectivity index (χ0n) is 30.8. The third-order valence-electron chi connectivity index (χ3n) is 10.8. The molecule has 4 aromatic carbocycles. The highest BCUT2D eigenvalue weighted by Gasteiger charge is 2.34. The Morgan fingerprint density at radius 3 is 1.37 bits per heavy atom. The highest BCUT2D eigenvalue weighted by Crippen LogP contribution is 2.45. The number of hydrogen-bond donors (Lipinski definition) is 2. The van der Waals surface area contributed by atoms with Gasteiger partial charge < -0.3 is 10.2 Å². The number of aromatic hydroxyl groups is 2. The van der Waals surface area contributed by atoms with Crippen molar-refractivity contribution < 1.29 is 10.2 Å². The van der Waals surface area contributed by atoms with Crippen molar-refractivity contribution in [2.45, 2.75) is 105 Å². The summed E-state index contributed by atoms with van der Waals surface area (Å²) >= 11 is 0. The van der Waals surface area contributed by atoms with E-state index < -0.39 is 12.3 Å². The fourth-order valence-corrected chi connectivity index (χ4v) is 7.82. The van der Waals surface area contributed by atoms with Gasteiger partial charge in [0, 0.05) is 17.5 Å². The van der Waals surface area contributed by atoms with Crippen molar-refractivity contribution >= 4 is 0 Å². The van der Waals surface area contributed by atoms with E-state index in [1.54, 1.807) is 0 Å². The second kappa shape index (κ2) is 12.5. The molecular formula is C43H52N4O2. The second-order valence-electron chi connectivity index (χ2n) is 16.9. The summed E-state index contributed by atoms with van der Waals surface area (Å²) in [6.45, 7) is 22.7. The quantitative estimate of drug-likeness (QED) is 0.192. The summed E-state index contributed by atoms with van der Waals surface area (Å²) in [4.78, 5) is 19.7. The van der Waals surface area contributed by atoms with Gasteiger partial charge in [0.2, 0.25) is 0 Å². The number of nitrogens with zero attached hydrogens (tertiary/aromatic N) is 4. The maximum Gasteiger partial charge on any atom is 0.170 e. The van der Waals surface area contributed by atoms with Gasteiger partial charge in [-0.3, -0.25) is 20.0 Å². The molecule has 6 nitrogen and oxygen atoms in total. The minimum Gasteiger partial charge on any atom is -0.507 e. The van der Waals surface area contributed by atoms with Crippen LogP contribution in [-0.4, -0.2) is 10.2 Å². The van der Waals surface area contributed by atoms with Crippen molar-refractivity contribution in [1.29, 1.82) is 0 Å². The van der Waals surface area contributed by atoms with Crippen molar-refractivity contribution in [3.63, 3.8) is 0 Å². The first-order valence-electron chi connectivity index (χ1n) is 17.7. The van der Waals surface area contributed by atoms with E-state index in [2.05, 4.69) is 93.5 Å². The molecule has 0 saturated heterocycles. The molecule has 2 heterocycles. The molecule has 0 fully saturated rings. The van der Waals surface area contributed by atoms with Crippen LogP contribution in [0.1, 0.15) is 121 Å². The standard InChI is InChI=1S/C43H52N4O2/c1-25(2)26(3)43(9,10)30-21-28(38(49)32(23-30)40-46-35-17-13-14-18-36(35)47-40)19-27-20-29(42(7,8)24-41(4,5)6)22-31(37(27)48)39-44-33-15-11-12-16-34(33)45-39/h11-18,20-23,25-26,39-40,48-49H,19,24H2,1-10H3. The van der Waals surface area contributed by atoms with Gasteiger partial charge in [0.05, 0.1) is 21.4 Å². The minimum atomic E-state index is -0.544. The van der Waals surface area contributed by atoms with Gasteiger partial charge in [-0.05, 0) is 93.2 Å². The van der Waals surface area contributed by atoms with Gasteiger partial charge in [-0.25, -0.2) is 0 Å². The Kier molecular flexibility index (Phi) is 8.83.